The SMILES string of the molecule is NS(=O)(=O)c1cc(C(=O)NC2CCCOC2)c(Br)cc1F. The Morgan fingerprint density at radius 1 is 1.48 bits per heavy atom. The smallest absolute Gasteiger partial charge is 0.252 e. The van der Waals surface area contributed by atoms with E-state index in [4.69, 9.17) is 9.88 Å². The van der Waals surface area contributed by atoms with Crippen LogP contribution in [0.3, 0.4) is 0 Å². The molecule has 1 atom stereocenters. The van der Waals surface area contributed by atoms with Gasteiger partial charge in [-0.05, 0) is 40.9 Å². The quantitative estimate of drug-likeness (QED) is 0.821. The molecule has 0 spiro atoms. The molecule has 0 radical (unpaired) electrons. The monoisotopic (exact) mass is 380 g/mol. The van der Waals surface area contributed by atoms with Crippen LogP contribution in [-0.2, 0) is 14.8 Å². The van der Waals surface area contributed by atoms with E-state index in [0.717, 1.165) is 25.0 Å². The number of rotatable bonds is 3. The van der Waals surface area contributed by atoms with Crippen LogP contribution in [-0.4, -0.2) is 33.6 Å². The second-order valence-corrected chi connectivity index (χ2v) is 7.08. The molecule has 1 aromatic carbocycles. The molecular formula is C12H14BrFN2O4S. The van der Waals surface area contributed by atoms with Gasteiger partial charge in [0.25, 0.3) is 5.91 Å². The lowest BCUT2D eigenvalue weighted by molar-refractivity contribution is 0.0623. The molecule has 1 aliphatic rings. The van der Waals surface area contributed by atoms with E-state index in [-0.39, 0.29) is 16.1 Å². The maximum atomic E-state index is 13.6. The minimum Gasteiger partial charge on any atom is -0.379 e. The molecule has 1 fully saturated rings. The summed E-state index contributed by atoms with van der Waals surface area (Å²) < 4.78 is 41.6. The number of ether oxygens (including phenoxy) is 1. The lowest BCUT2D eigenvalue weighted by atomic mass is 10.1. The Balaban J connectivity index is 2.28. The predicted molar refractivity (Wildman–Crippen MR) is 76.8 cm³/mol. The van der Waals surface area contributed by atoms with Crippen molar-refractivity contribution in [3.63, 3.8) is 0 Å². The van der Waals surface area contributed by atoms with E-state index in [1.807, 2.05) is 0 Å². The summed E-state index contributed by atoms with van der Waals surface area (Å²) in [4.78, 5) is 11.5. The lowest BCUT2D eigenvalue weighted by Gasteiger charge is -2.23. The van der Waals surface area contributed by atoms with Crippen molar-refractivity contribution in [2.24, 2.45) is 5.14 Å². The Labute approximate surface area is 130 Å². The first-order chi connectivity index (χ1) is 9.79. The van der Waals surface area contributed by atoms with Crippen molar-refractivity contribution in [2.45, 2.75) is 23.8 Å². The Bertz CT molecular complexity index is 659. The van der Waals surface area contributed by atoms with Gasteiger partial charge in [-0.15, -0.1) is 0 Å². The van der Waals surface area contributed by atoms with Crippen molar-refractivity contribution in [1.82, 2.24) is 5.32 Å². The van der Waals surface area contributed by atoms with Gasteiger partial charge >= 0.3 is 0 Å². The predicted octanol–water partition coefficient (Wildman–Crippen LogP) is 1.14. The van der Waals surface area contributed by atoms with Crippen molar-refractivity contribution in [3.05, 3.63) is 28.0 Å². The molecular weight excluding hydrogens is 367 g/mol. The molecule has 3 N–H and O–H groups in total. The molecule has 116 valence electrons. The summed E-state index contributed by atoms with van der Waals surface area (Å²) in [5.41, 5.74) is 0.00555. The molecule has 1 heterocycles. The number of carbonyl (C=O) groups excluding carboxylic acids is 1. The summed E-state index contributed by atoms with van der Waals surface area (Å²) in [5, 5.41) is 7.65. The second-order valence-electron chi connectivity index (χ2n) is 4.70. The average molecular weight is 381 g/mol. The zero-order valence-corrected chi connectivity index (χ0v) is 13.3. The summed E-state index contributed by atoms with van der Waals surface area (Å²) in [6, 6.07) is 1.68. The number of carbonyl (C=O) groups is 1. The van der Waals surface area contributed by atoms with Crippen LogP contribution in [0.5, 0.6) is 0 Å². The third kappa shape index (κ3) is 4.00. The Kier molecular flexibility index (Phi) is 4.97. The zero-order chi connectivity index (χ0) is 15.6. The van der Waals surface area contributed by atoms with E-state index in [0.29, 0.717) is 13.2 Å². The van der Waals surface area contributed by atoms with Crippen molar-refractivity contribution in [2.75, 3.05) is 13.2 Å². The fourth-order valence-electron chi connectivity index (χ4n) is 2.04. The molecule has 2 rings (SSSR count). The van der Waals surface area contributed by atoms with Crippen LogP contribution >= 0.6 is 15.9 Å². The molecule has 1 unspecified atom stereocenters. The topological polar surface area (TPSA) is 98.5 Å². The molecule has 1 amide bonds. The number of hydrogen-bond acceptors (Lipinski definition) is 4. The van der Waals surface area contributed by atoms with Gasteiger partial charge in [-0.25, -0.2) is 17.9 Å². The standard InChI is InChI=1S/C12H14BrFN2O4S/c13-9-5-10(14)11(21(15,18)19)4-8(9)12(17)16-7-2-1-3-20-6-7/h4-5,7H,1-3,6H2,(H,16,17)(H2,15,18,19). The Morgan fingerprint density at radius 3 is 2.76 bits per heavy atom. The van der Waals surface area contributed by atoms with E-state index in [2.05, 4.69) is 21.2 Å². The van der Waals surface area contributed by atoms with E-state index >= 15 is 0 Å². The van der Waals surface area contributed by atoms with E-state index < -0.39 is 26.6 Å². The van der Waals surface area contributed by atoms with Crippen LogP contribution in [0.15, 0.2) is 21.5 Å². The minimum atomic E-state index is -4.24. The normalized spacial score (nSPS) is 19.3. The third-order valence-electron chi connectivity index (χ3n) is 3.07. The highest BCUT2D eigenvalue weighted by atomic mass is 79.9. The summed E-state index contributed by atoms with van der Waals surface area (Å²) in [6.45, 7) is 1.05. The van der Waals surface area contributed by atoms with Crippen molar-refractivity contribution in [1.29, 1.82) is 0 Å². The van der Waals surface area contributed by atoms with Gasteiger partial charge in [0.15, 0.2) is 0 Å². The van der Waals surface area contributed by atoms with Gasteiger partial charge in [-0.1, -0.05) is 0 Å². The van der Waals surface area contributed by atoms with Crippen LogP contribution in [0.4, 0.5) is 4.39 Å². The molecule has 9 heteroatoms. The van der Waals surface area contributed by atoms with Gasteiger partial charge in [0.1, 0.15) is 10.7 Å². The molecule has 6 nitrogen and oxygen atoms in total. The van der Waals surface area contributed by atoms with Crippen LogP contribution in [0.1, 0.15) is 23.2 Å². The summed E-state index contributed by atoms with van der Waals surface area (Å²) >= 11 is 3.05. The highest BCUT2D eigenvalue weighted by Crippen LogP contribution is 2.24. The molecule has 21 heavy (non-hydrogen) atoms. The lowest BCUT2D eigenvalue weighted by Crippen LogP contribution is -2.40. The Hall–Kier alpha value is -1.03. The molecule has 1 saturated heterocycles. The average Bonchev–Trinajstić information content (AvgIpc) is 2.38. The number of benzene rings is 1. The molecule has 0 aromatic heterocycles. The van der Waals surface area contributed by atoms with Gasteiger partial charge in [0.2, 0.25) is 10.0 Å². The van der Waals surface area contributed by atoms with Gasteiger partial charge in [0, 0.05) is 11.1 Å². The van der Waals surface area contributed by atoms with Crippen molar-refractivity contribution < 1.29 is 22.3 Å². The van der Waals surface area contributed by atoms with Crippen molar-refractivity contribution >= 4 is 31.9 Å². The molecule has 1 aromatic rings. The largest absolute Gasteiger partial charge is 0.379 e. The van der Waals surface area contributed by atoms with Gasteiger partial charge in [-0.3, -0.25) is 4.79 Å². The van der Waals surface area contributed by atoms with E-state index in [1.165, 1.54) is 0 Å². The number of hydrogen-bond donors (Lipinski definition) is 2. The number of halogens is 2. The second kappa shape index (κ2) is 6.39. The number of sulfonamides is 1. The first-order valence-corrected chi connectivity index (χ1v) is 8.53. The number of amides is 1. The van der Waals surface area contributed by atoms with Crippen molar-refractivity contribution in [3.8, 4) is 0 Å². The highest BCUT2D eigenvalue weighted by molar-refractivity contribution is 9.10. The molecule has 0 aliphatic carbocycles. The van der Waals surface area contributed by atoms with E-state index in [9.17, 15) is 17.6 Å². The Morgan fingerprint density at radius 2 is 2.19 bits per heavy atom. The van der Waals surface area contributed by atoms with Crippen LogP contribution in [0.25, 0.3) is 0 Å². The van der Waals surface area contributed by atoms with Gasteiger partial charge in [0.05, 0.1) is 18.2 Å². The summed E-state index contributed by atoms with van der Waals surface area (Å²) in [6.07, 6.45) is 1.60. The van der Waals surface area contributed by atoms with E-state index in [1.54, 1.807) is 0 Å². The fourth-order valence-corrected chi connectivity index (χ4v) is 3.15. The first kappa shape index (κ1) is 16.3. The maximum Gasteiger partial charge on any atom is 0.252 e. The van der Waals surface area contributed by atoms with Crippen LogP contribution < -0.4 is 10.5 Å². The zero-order valence-electron chi connectivity index (χ0n) is 10.9. The highest BCUT2D eigenvalue weighted by Gasteiger charge is 2.23. The minimum absolute atomic E-state index is 0.00555. The van der Waals surface area contributed by atoms with Crippen LogP contribution in [0.2, 0.25) is 0 Å². The van der Waals surface area contributed by atoms with Gasteiger partial charge in [-0.2, -0.15) is 0 Å². The fraction of sp³-hybridized carbons (Fsp3) is 0.417. The maximum absolute atomic E-state index is 13.6. The van der Waals surface area contributed by atoms with Gasteiger partial charge < -0.3 is 10.1 Å². The summed E-state index contributed by atoms with van der Waals surface area (Å²) in [5.74, 6) is -1.52. The number of primary sulfonamides is 1. The third-order valence-corrected chi connectivity index (χ3v) is 4.65. The first-order valence-electron chi connectivity index (χ1n) is 6.19. The molecule has 0 bridgehead atoms. The number of nitrogens with two attached hydrogens (primary N) is 1. The van der Waals surface area contributed by atoms with Crippen LogP contribution in [0, 0.1) is 5.82 Å². The molecule has 1 aliphatic heterocycles. The molecule has 0 saturated carbocycles. The number of nitrogens with one attached hydrogen (secondary N) is 1. The summed E-state index contributed by atoms with van der Waals surface area (Å²) in [7, 11) is -4.24.